The van der Waals surface area contributed by atoms with Crippen LogP contribution in [0.25, 0.3) is 5.65 Å². The second-order valence-corrected chi connectivity index (χ2v) is 3.99. The normalized spacial score (nSPS) is 11.1. The van der Waals surface area contributed by atoms with E-state index < -0.39 is 0 Å². The van der Waals surface area contributed by atoms with E-state index in [0.717, 1.165) is 4.47 Å². The van der Waals surface area contributed by atoms with Crippen molar-refractivity contribution in [3.05, 3.63) is 33.3 Å². The van der Waals surface area contributed by atoms with Crippen LogP contribution in [0.1, 0.15) is 0 Å². The highest BCUT2D eigenvalue weighted by Crippen LogP contribution is 2.09. The number of hydrogen-bond donors (Lipinski definition) is 0. The summed E-state index contributed by atoms with van der Waals surface area (Å²) in [5.41, 5.74) is 0.486. The number of fused-ring (bicyclic) bond motifs is 1. The summed E-state index contributed by atoms with van der Waals surface area (Å²) in [6.45, 7) is 0.944. The average Bonchev–Trinajstić information content (AvgIpc) is 2.52. The second kappa shape index (κ2) is 4.16. The van der Waals surface area contributed by atoms with Crippen LogP contribution in [0.3, 0.4) is 0 Å². The Morgan fingerprint density at radius 3 is 3.13 bits per heavy atom. The van der Waals surface area contributed by atoms with E-state index in [4.69, 9.17) is 4.74 Å². The van der Waals surface area contributed by atoms with Crippen molar-refractivity contribution in [1.82, 2.24) is 14.2 Å². The molecule has 0 saturated heterocycles. The third-order valence-corrected chi connectivity index (χ3v) is 2.55. The van der Waals surface area contributed by atoms with E-state index in [1.54, 1.807) is 25.4 Å². The minimum Gasteiger partial charge on any atom is -0.383 e. The van der Waals surface area contributed by atoms with Gasteiger partial charge in [-0.15, -0.1) is 5.10 Å². The Kier molecular flexibility index (Phi) is 2.88. The molecule has 0 unspecified atom stereocenters. The molecule has 0 aliphatic carbocycles. The van der Waals surface area contributed by atoms with E-state index in [-0.39, 0.29) is 5.69 Å². The lowest BCUT2D eigenvalue weighted by atomic mass is 10.5. The van der Waals surface area contributed by atoms with Crippen molar-refractivity contribution in [3.8, 4) is 0 Å². The molecule has 2 rings (SSSR count). The van der Waals surface area contributed by atoms with Crippen molar-refractivity contribution in [3.63, 3.8) is 0 Å². The summed E-state index contributed by atoms with van der Waals surface area (Å²) in [4.78, 5) is 11.7. The Bertz CT molecular complexity index is 532. The lowest BCUT2D eigenvalue weighted by Gasteiger charge is -1.95. The van der Waals surface area contributed by atoms with Gasteiger partial charge in [0.05, 0.1) is 13.2 Å². The van der Waals surface area contributed by atoms with Crippen LogP contribution in [0.15, 0.2) is 27.6 Å². The first-order chi connectivity index (χ1) is 7.22. The molecule has 0 aliphatic heterocycles. The van der Waals surface area contributed by atoms with Gasteiger partial charge in [0.25, 0.3) is 0 Å². The Hall–Kier alpha value is -1.14. The van der Waals surface area contributed by atoms with Gasteiger partial charge in [0.2, 0.25) is 0 Å². The largest absolute Gasteiger partial charge is 0.383 e. The molecule has 2 heterocycles. The zero-order chi connectivity index (χ0) is 10.8. The van der Waals surface area contributed by atoms with Crippen molar-refractivity contribution in [2.45, 2.75) is 6.54 Å². The molecule has 0 fully saturated rings. The molecule has 0 radical (unpaired) electrons. The highest BCUT2D eigenvalue weighted by atomic mass is 79.9. The van der Waals surface area contributed by atoms with Gasteiger partial charge in [-0.25, -0.2) is 9.48 Å². The van der Waals surface area contributed by atoms with Gasteiger partial charge in [0, 0.05) is 17.8 Å². The van der Waals surface area contributed by atoms with Crippen LogP contribution < -0.4 is 5.69 Å². The Balaban J connectivity index is 2.49. The molecule has 0 N–H and O–H groups in total. The van der Waals surface area contributed by atoms with E-state index in [1.807, 2.05) is 0 Å². The smallest absolute Gasteiger partial charge is 0.350 e. The van der Waals surface area contributed by atoms with Crippen molar-refractivity contribution < 1.29 is 4.74 Å². The van der Waals surface area contributed by atoms with Crippen molar-refractivity contribution in [2.24, 2.45) is 0 Å². The molecule has 0 saturated carbocycles. The fourth-order valence-electron chi connectivity index (χ4n) is 1.32. The molecule has 5 nitrogen and oxygen atoms in total. The highest BCUT2D eigenvalue weighted by Gasteiger charge is 2.05. The van der Waals surface area contributed by atoms with E-state index in [9.17, 15) is 4.79 Å². The lowest BCUT2D eigenvalue weighted by Crippen LogP contribution is -2.22. The van der Waals surface area contributed by atoms with Crippen LogP contribution in [0.5, 0.6) is 0 Å². The van der Waals surface area contributed by atoms with Crippen LogP contribution in [0.4, 0.5) is 0 Å². The third kappa shape index (κ3) is 1.95. The molecule has 0 amide bonds. The van der Waals surface area contributed by atoms with E-state index >= 15 is 0 Å². The molecule has 80 valence electrons. The first-order valence-electron chi connectivity index (χ1n) is 4.46. The molecule has 15 heavy (non-hydrogen) atoms. The minimum atomic E-state index is -0.144. The van der Waals surface area contributed by atoms with Crippen LogP contribution in [-0.4, -0.2) is 27.9 Å². The minimum absolute atomic E-state index is 0.144. The topological polar surface area (TPSA) is 48.5 Å². The van der Waals surface area contributed by atoms with Gasteiger partial charge in [-0.2, -0.15) is 0 Å². The standard InChI is InChI=1S/C9H10BrN3O2/c1-15-5-4-13-9(14)12-3-2-7(10)6-8(12)11-13/h2-3,6H,4-5H2,1H3. The van der Waals surface area contributed by atoms with Gasteiger partial charge in [-0.3, -0.25) is 4.40 Å². The quantitative estimate of drug-likeness (QED) is 0.834. The fraction of sp³-hybridized carbons (Fsp3) is 0.333. The molecule has 6 heteroatoms. The van der Waals surface area contributed by atoms with Gasteiger partial charge < -0.3 is 4.74 Å². The van der Waals surface area contributed by atoms with Crippen LogP contribution in [0.2, 0.25) is 0 Å². The summed E-state index contributed by atoms with van der Waals surface area (Å²) in [7, 11) is 1.59. The zero-order valence-corrected chi connectivity index (χ0v) is 9.77. The number of ether oxygens (including phenoxy) is 1. The molecule has 0 aromatic carbocycles. The van der Waals surface area contributed by atoms with Gasteiger partial charge in [0.1, 0.15) is 0 Å². The average molecular weight is 272 g/mol. The van der Waals surface area contributed by atoms with E-state index in [0.29, 0.717) is 18.8 Å². The molecule has 0 atom stereocenters. The number of methoxy groups -OCH3 is 1. The molecule has 0 aliphatic rings. The molecular formula is C9H10BrN3O2. The number of rotatable bonds is 3. The predicted octanol–water partition coefficient (Wildman–Crippen LogP) is 0.905. The maximum absolute atomic E-state index is 11.7. The van der Waals surface area contributed by atoms with Crippen molar-refractivity contribution >= 4 is 21.6 Å². The maximum Gasteiger partial charge on any atom is 0.350 e. The number of halogens is 1. The second-order valence-electron chi connectivity index (χ2n) is 3.07. The number of nitrogens with zero attached hydrogens (tertiary/aromatic N) is 3. The molecule has 2 aromatic heterocycles. The third-order valence-electron chi connectivity index (χ3n) is 2.05. The van der Waals surface area contributed by atoms with E-state index in [2.05, 4.69) is 21.0 Å². The van der Waals surface area contributed by atoms with Gasteiger partial charge in [-0.1, -0.05) is 15.9 Å². The van der Waals surface area contributed by atoms with Gasteiger partial charge >= 0.3 is 5.69 Å². The molecular weight excluding hydrogens is 262 g/mol. The Labute approximate surface area is 94.4 Å². The first kappa shape index (κ1) is 10.4. The van der Waals surface area contributed by atoms with Crippen molar-refractivity contribution in [2.75, 3.05) is 13.7 Å². The van der Waals surface area contributed by atoms with Crippen LogP contribution >= 0.6 is 15.9 Å². The number of aromatic nitrogens is 3. The van der Waals surface area contributed by atoms with Crippen molar-refractivity contribution in [1.29, 1.82) is 0 Å². The maximum atomic E-state index is 11.7. The fourth-order valence-corrected chi connectivity index (χ4v) is 1.64. The number of pyridine rings is 1. The summed E-state index contributed by atoms with van der Waals surface area (Å²) in [6.07, 6.45) is 1.69. The predicted molar refractivity (Wildman–Crippen MR) is 59.0 cm³/mol. The number of hydrogen-bond acceptors (Lipinski definition) is 3. The Morgan fingerprint density at radius 2 is 2.40 bits per heavy atom. The molecule has 0 bridgehead atoms. The lowest BCUT2D eigenvalue weighted by molar-refractivity contribution is 0.182. The summed E-state index contributed by atoms with van der Waals surface area (Å²) in [5.74, 6) is 0. The summed E-state index contributed by atoms with van der Waals surface area (Å²) in [5, 5.41) is 4.17. The zero-order valence-electron chi connectivity index (χ0n) is 8.18. The van der Waals surface area contributed by atoms with Gasteiger partial charge in [-0.05, 0) is 12.1 Å². The molecule has 0 spiro atoms. The summed E-state index contributed by atoms with van der Waals surface area (Å²) >= 11 is 3.33. The SMILES string of the molecule is COCCn1nc2cc(Br)ccn2c1=O. The Morgan fingerprint density at radius 1 is 1.60 bits per heavy atom. The first-order valence-corrected chi connectivity index (χ1v) is 5.25. The summed E-state index contributed by atoms with van der Waals surface area (Å²) < 4.78 is 8.70. The monoisotopic (exact) mass is 271 g/mol. The van der Waals surface area contributed by atoms with Gasteiger partial charge in [0.15, 0.2) is 5.65 Å². The van der Waals surface area contributed by atoms with Crippen LogP contribution in [-0.2, 0) is 11.3 Å². The van der Waals surface area contributed by atoms with E-state index in [1.165, 1.54) is 9.08 Å². The highest BCUT2D eigenvalue weighted by molar-refractivity contribution is 9.10. The van der Waals surface area contributed by atoms with Crippen LogP contribution in [0, 0.1) is 0 Å². The molecule has 2 aromatic rings. The summed E-state index contributed by atoms with van der Waals surface area (Å²) in [6, 6.07) is 3.60.